The van der Waals surface area contributed by atoms with Crippen LogP contribution in [-0.2, 0) is 0 Å². The molecule has 6 heteroatoms. The first-order chi connectivity index (χ1) is 11.8. The number of fused-ring (bicyclic) bond motifs is 1. The quantitative estimate of drug-likeness (QED) is 0.774. The van der Waals surface area contributed by atoms with Crippen molar-refractivity contribution in [3.05, 3.63) is 54.5 Å². The number of aromatic amines is 1. The monoisotopic (exact) mass is 322 g/mol. The molecular weight excluding hydrogens is 304 g/mol. The van der Waals surface area contributed by atoms with Gasteiger partial charge in [-0.1, -0.05) is 12.1 Å². The van der Waals surface area contributed by atoms with E-state index in [2.05, 4.69) is 20.5 Å². The standard InChI is InChI=1S/C18H18N4O2/c23-18(13-7-6-12-3-2-8-19-16(12)9-13)22-15-4-1-5-17(15)24-14-10-20-21-11-14/h2-3,6-11,15,17H,1,4-5H2,(H,20,21)(H,22,23)/t15-,17+/m1/s1. The summed E-state index contributed by atoms with van der Waals surface area (Å²) in [6.45, 7) is 0. The molecular formula is C18H18N4O2. The van der Waals surface area contributed by atoms with Gasteiger partial charge < -0.3 is 10.1 Å². The molecule has 122 valence electrons. The zero-order valence-corrected chi connectivity index (χ0v) is 13.1. The van der Waals surface area contributed by atoms with E-state index >= 15 is 0 Å². The summed E-state index contributed by atoms with van der Waals surface area (Å²) in [5, 5.41) is 10.7. The van der Waals surface area contributed by atoms with Crippen molar-refractivity contribution in [2.45, 2.75) is 31.4 Å². The van der Waals surface area contributed by atoms with Crippen LogP contribution < -0.4 is 10.1 Å². The summed E-state index contributed by atoms with van der Waals surface area (Å²) in [6, 6.07) is 9.46. The fourth-order valence-electron chi connectivity index (χ4n) is 3.17. The number of carbonyl (C=O) groups is 1. The van der Waals surface area contributed by atoms with Gasteiger partial charge in [-0.15, -0.1) is 0 Å². The highest BCUT2D eigenvalue weighted by Gasteiger charge is 2.30. The molecule has 1 aromatic carbocycles. The normalized spacial score (nSPS) is 20.2. The second-order valence-electron chi connectivity index (χ2n) is 6.01. The molecule has 1 fully saturated rings. The van der Waals surface area contributed by atoms with Crippen LogP contribution in [0, 0.1) is 0 Å². The van der Waals surface area contributed by atoms with Gasteiger partial charge in [0, 0.05) is 17.1 Å². The Balaban J connectivity index is 1.47. The first kappa shape index (κ1) is 14.7. The third-order valence-corrected chi connectivity index (χ3v) is 4.40. The minimum atomic E-state index is -0.0877. The molecule has 0 radical (unpaired) electrons. The average Bonchev–Trinajstić information content (AvgIpc) is 3.27. The van der Waals surface area contributed by atoms with Gasteiger partial charge in [-0.2, -0.15) is 5.10 Å². The summed E-state index contributed by atoms with van der Waals surface area (Å²) in [7, 11) is 0. The molecule has 0 aliphatic heterocycles. The van der Waals surface area contributed by atoms with E-state index in [4.69, 9.17) is 4.74 Å². The number of pyridine rings is 1. The number of nitrogens with zero attached hydrogens (tertiary/aromatic N) is 2. The van der Waals surface area contributed by atoms with Crippen molar-refractivity contribution in [1.29, 1.82) is 0 Å². The number of hydrogen-bond donors (Lipinski definition) is 2. The van der Waals surface area contributed by atoms with E-state index in [0.717, 1.165) is 30.2 Å². The lowest BCUT2D eigenvalue weighted by atomic mass is 10.1. The van der Waals surface area contributed by atoms with E-state index in [1.807, 2.05) is 30.3 Å². The number of nitrogens with one attached hydrogen (secondary N) is 2. The molecule has 0 unspecified atom stereocenters. The first-order valence-electron chi connectivity index (χ1n) is 8.11. The summed E-state index contributed by atoms with van der Waals surface area (Å²) < 4.78 is 5.91. The van der Waals surface area contributed by atoms with Crippen molar-refractivity contribution in [2.24, 2.45) is 0 Å². The molecule has 0 saturated heterocycles. The number of amides is 1. The van der Waals surface area contributed by atoms with Crippen molar-refractivity contribution in [3.63, 3.8) is 0 Å². The molecule has 2 N–H and O–H groups in total. The summed E-state index contributed by atoms with van der Waals surface area (Å²) in [5.74, 6) is 0.617. The Kier molecular flexibility index (Phi) is 3.86. The number of hydrogen-bond acceptors (Lipinski definition) is 4. The molecule has 2 heterocycles. The van der Waals surface area contributed by atoms with Gasteiger partial charge in [0.15, 0.2) is 5.75 Å². The highest BCUT2D eigenvalue weighted by Crippen LogP contribution is 2.24. The predicted molar refractivity (Wildman–Crippen MR) is 89.9 cm³/mol. The van der Waals surface area contributed by atoms with Gasteiger partial charge in [0.2, 0.25) is 0 Å². The highest BCUT2D eigenvalue weighted by molar-refractivity contribution is 5.97. The van der Waals surface area contributed by atoms with Crippen LogP contribution in [0.1, 0.15) is 29.6 Å². The number of carbonyl (C=O) groups excluding carboxylic acids is 1. The molecule has 0 spiro atoms. The van der Waals surface area contributed by atoms with Gasteiger partial charge in [0.1, 0.15) is 6.10 Å². The Morgan fingerprint density at radius 3 is 3.12 bits per heavy atom. The number of benzene rings is 1. The zero-order valence-electron chi connectivity index (χ0n) is 13.1. The highest BCUT2D eigenvalue weighted by atomic mass is 16.5. The van der Waals surface area contributed by atoms with Crippen molar-refractivity contribution < 1.29 is 9.53 Å². The number of aromatic nitrogens is 3. The third kappa shape index (κ3) is 2.95. The molecule has 4 rings (SSSR count). The third-order valence-electron chi connectivity index (χ3n) is 4.40. The Morgan fingerprint density at radius 1 is 1.29 bits per heavy atom. The lowest BCUT2D eigenvalue weighted by Gasteiger charge is -2.21. The van der Waals surface area contributed by atoms with Gasteiger partial charge in [0.25, 0.3) is 5.91 Å². The second kappa shape index (κ2) is 6.31. The van der Waals surface area contributed by atoms with E-state index in [-0.39, 0.29) is 18.1 Å². The van der Waals surface area contributed by atoms with E-state index in [0.29, 0.717) is 11.3 Å². The summed E-state index contributed by atoms with van der Waals surface area (Å²) in [5.41, 5.74) is 1.44. The van der Waals surface area contributed by atoms with Crippen LogP contribution in [0.5, 0.6) is 5.75 Å². The van der Waals surface area contributed by atoms with Gasteiger partial charge >= 0.3 is 0 Å². The van der Waals surface area contributed by atoms with E-state index < -0.39 is 0 Å². The molecule has 6 nitrogen and oxygen atoms in total. The van der Waals surface area contributed by atoms with E-state index in [1.165, 1.54) is 0 Å². The lowest BCUT2D eigenvalue weighted by Crippen LogP contribution is -2.42. The Morgan fingerprint density at radius 2 is 2.25 bits per heavy atom. The van der Waals surface area contributed by atoms with Crippen LogP contribution in [0.25, 0.3) is 10.9 Å². The summed E-state index contributed by atoms with van der Waals surface area (Å²) in [4.78, 5) is 16.9. The van der Waals surface area contributed by atoms with Gasteiger partial charge in [0.05, 0.1) is 24.0 Å². The number of rotatable bonds is 4. The Bertz CT molecular complexity index is 847. The van der Waals surface area contributed by atoms with Crippen molar-refractivity contribution in [3.8, 4) is 5.75 Å². The average molecular weight is 322 g/mol. The molecule has 1 amide bonds. The number of H-pyrrole nitrogens is 1. The maximum Gasteiger partial charge on any atom is 0.251 e. The van der Waals surface area contributed by atoms with Crippen molar-refractivity contribution >= 4 is 16.8 Å². The topological polar surface area (TPSA) is 79.9 Å². The maximum absolute atomic E-state index is 12.6. The second-order valence-corrected chi connectivity index (χ2v) is 6.01. The molecule has 1 aliphatic carbocycles. The minimum absolute atomic E-state index is 0.00632. The molecule has 1 aliphatic rings. The molecule has 1 saturated carbocycles. The predicted octanol–water partition coefficient (Wildman–Crippen LogP) is 2.69. The van der Waals surface area contributed by atoms with Crippen LogP contribution >= 0.6 is 0 Å². The molecule has 24 heavy (non-hydrogen) atoms. The van der Waals surface area contributed by atoms with Crippen molar-refractivity contribution in [1.82, 2.24) is 20.5 Å². The van der Waals surface area contributed by atoms with Crippen molar-refractivity contribution in [2.75, 3.05) is 0 Å². The fraction of sp³-hybridized carbons (Fsp3) is 0.278. The largest absolute Gasteiger partial charge is 0.485 e. The molecule has 2 aromatic heterocycles. The first-order valence-corrected chi connectivity index (χ1v) is 8.11. The zero-order chi connectivity index (χ0) is 16.4. The van der Waals surface area contributed by atoms with Crippen LogP contribution in [0.4, 0.5) is 0 Å². The van der Waals surface area contributed by atoms with Crippen LogP contribution in [-0.4, -0.2) is 33.2 Å². The Hall–Kier alpha value is -2.89. The molecule has 3 aromatic rings. The van der Waals surface area contributed by atoms with Gasteiger partial charge in [-0.3, -0.25) is 14.9 Å². The summed E-state index contributed by atoms with van der Waals surface area (Å²) in [6.07, 6.45) is 7.95. The number of ether oxygens (including phenoxy) is 1. The van der Waals surface area contributed by atoms with Gasteiger partial charge in [-0.05, 0) is 37.5 Å². The Labute approximate surface area is 139 Å². The fourth-order valence-corrected chi connectivity index (χ4v) is 3.17. The molecule has 2 atom stereocenters. The molecule has 0 bridgehead atoms. The summed E-state index contributed by atoms with van der Waals surface area (Å²) >= 11 is 0. The smallest absolute Gasteiger partial charge is 0.251 e. The van der Waals surface area contributed by atoms with E-state index in [1.54, 1.807) is 18.6 Å². The van der Waals surface area contributed by atoms with Gasteiger partial charge in [-0.25, -0.2) is 0 Å². The maximum atomic E-state index is 12.6. The van der Waals surface area contributed by atoms with Crippen LogP contribution in [0.15, 0.2) is 48.9 Å². The van der Waals surface area contributed by atoms with Crippen LogP contribution in [0.3, 0.4) is 0 Å². The SMILES string of the molecule is O=C(N[C@@H]1CCC[C@@H]1Oc1cn[nH]c1)c1ccc2cccnc2c1. The minimum Gasteiger partial charge on any atom is -0.485 e. The van der Waals surface area contributed by atoms with E-state index in [9.17, 15) is 4.79 Å². The van der Waals surface area contributed by atoms with Crippen LogP contribution in [0.2, 0.25) is 0 Å². The lowest BCUT2D eigenvalue weighted by molar-refractivity contribution is 0.0894.